The summed E-state index contributed by atoms with van der Waals surface area (Å²) in [6.45, 7) is 6.32. The summed E-state index contributed by atoms with van der Waals surface area (Å²) in [7, 11) is 1.56. The molecule has 2 fully saturated rings. The number of piperazine rings is 1. The molecule has 0 spiro atoms. The summed E-state index contributed by atoms with van der Waals surface area (Å²) in [6.07, 6.45) is 2.78. The fraction of sp³-hybridized carbons (Fsp3) is 0.400. The second kappa shape index (κ2) is 10.1. The van der Waals surface area contributed by atoms with Crippen molar-refractivity contribution < 1.29 is 13.9 Å². The summed E-state index contributed by atoms with van der Waals surface area (Å²) in [4.78, 5) is 9.75. The molecule has 0 unspecified atom stereocenters. The SMILES string of the molecule is COc1ccc(F)cc1Nc1nc(-c2ccc(OCCN3CCN(C4CC4)CC3)cc2)cs1. The summed E-state index contributed by atoms with van der Waals surface area (Å²) in [6, 6.07) is 13.3. The van der Waals surface area contributed by atoms with E-state index in [2.05, 4.69) is 20.1 Å². The van der Waals surface area contributed by atoms with Crippen LogP contribution in [0.2, 0.25) is 0 Å². The maximum atomic E-state index is 13.6. The molecule has 0 amide bonds. The number of halogens is 1. The molecule has 33 heavy (non-hydrogen) atoms. The number of anilines is 2. The Hall–Kier alpha value is -2.68. The van der Waals surface area contributed by atoms with E-state index < -0.39 is 0 Å². The Morgan fingerprint density at radius 2 is 1.88 bits per heavy atom. The Labute approximate surface area is 198 Å². The topological polar surface area (TPSA) is 49.9 Å². The van der Waals surface area contributed by atoms with E-state index in [0.29, 0.717) is 23.2 Å². The first-order chi connectivity index (χ1) is 16.2. The lowest BCUT2D eigenvalue weighted by atomic mass is 10.2. The van der Waals surface area contributed by atoms with E-state index in [1.807, 2.05) is 29.6 Å². The monoisotopic (exact) mass is 468 g/mol. The molecule has 2 aliphatic rings. The second-order valence-electron chi connectivity index (χ2n) is 8.49. The van der Waals surface area contributed by atoms with Gasteiger partial charge in [0.2, 0.25) is 0 Å². The van der Waals surface area contributed by atoms with Gasteiger partial charge < -0.3 is 14.8 Å². The number of hydrogen-bond donors (Lipinski definition) is 1. The molecule has 2 heterocycles. The summed E-state index contributed by atoms with van der Waals surface area (Å²) < 4.78 is 24.9. The Morgan fingerprint density at radius 1 is 1.09 bits per heavy atom. The highest BCUT2D eigenvalue weighted by molar-refractivity contribution is 7.14. The third-order valence-electron chi connectivity index (χ3n) is 6.20. The smallest absolute Gasteiger partial charge is 0.187 e. The van der Waals surface area contributed by atoms with E-state index in [0.717, 1.165) is 42.7 Å². The summed E-state index contributed by atoms with van der Waals surface area (Å²) in [5.41, 5.74) is 2.42. The van der Waals surface area contributed by atoms with Crippen LogP contribution >= 0.6 is 11.3 Å². The van der Waals surface area contributed by atoms with E-state index >= 15 is 0 Å². The molecule has 3 aromatic rings. The minimum Gasteiger partial charge on any atom is -0.495 e. The van der Waals surface area contributed by atoms with Gasteiger partial charge in [-0.2, -0.15) is 0 Å². The molecular formula is C25H29FN4O2S. The quantitative estimate of drug-likeness (QED) is 0.484. The molecule has 8 heteroatoms. The van der Waals surface area contributed by atoms with E-state index in [-0.39, 0.29) is 5.82 Å². The lowest BCUT2D eigenvalue weighted by Gasteiger charge is -2.34. The van der Waals surface area contributed by atoms with Crippen LogP contribution < -0.4 is 14.8 Å². The number of hydrogen-bond acceptors (Lipinski definition) is 7. The molecule has 0 bridgehead atoms. The highest BCUT2D eigenvalue weighted by Gasteiger charge is 2.30. The summed E-state index contributed by atoms with van der Waals surface area (Å²) >= 11 is 1.46. The molecule has 1 aliphatic carbocycles. The summed E-state index contributed by atoms with van der Waals surface area (Å²) in [5, 5.41) is 5.80. The molecule has 2 aromatic carbocycles. The van der Waals surface area contributed by atoms with Gasteiger partial charge in [0.15, 0.2) is 5.13 Å². The molecule has 174 valence electrons. The van der Waals surface area contributed by atoms with Gasteiger partial charge in [-0.15, -0.1) is 11.3 Å². The van der Waals surface area contributed by atoms with E-state index in [9.17, 15) is 4.39 Å². The lowest BCUT2D eigenvalue weighted by molar-refractivity contribution is 0.112. The maximum Gasteiger partial charge on any atom is 0.187 e. The number of rotatable bonds is 9. The zero-order chi connectivity index (χ0) is 22.6. The van der Waals surface area contributed by atoms with Crippen molar-refractivity contribution >= 4 is 22.2 Å². The fourth-order valence-electron chi connectivity index (χ4n) is 4.16. The molecule has 0 radical (unpaired) electrons. The number of nitrogens with zero attached hydrogens (tertiary/aromatic N) is 3. The van der Waals surface area contributed by atoms with Crippen molar-refractivity contribution in [2.45, 2.75) is 18.9 Å². The van der Waals surface area contributed by atoms with E-state index in [1.54, 1.807) is 13.2 Å². The van der Waals surface area contributed by atoms with Gasteiger partial charge in [-0.25, -0.2) is 9.37 Å². The minimum atomic E-state index is -0.328. The van der Waals surface area contributed by atoms with Crippen LogP contribution in [0.25, 0.3) is 11.3 Å². The molecule has 1 saturated heterocycles. The second-order valence-corrected chi connectivity index (χ2v) is 9.35. The van der Waals surface area contributed by atoms with Gasteiger partial charge >= 0.3 is 0 Å². The normalized spacial score (nSPS) is 17.2. The van der Waals surface area contributed by atoms with E-state index in [1.165, 1.54) is 49.4 Å². The van der Waals surface area contributed by atoms with Crippen molar-refractivity contribution in [1.82, 2.24) is 14.8 Å². The van der Waals surface area contributed by atoms with E-state index in [4.69, 9.17) is 9.47 Å². The first-order valence-electron chi connectivity index (χ1n) is 11.4. The Morgan fingerprint density at radius 3 is 2.61 bits per heavy atom. The highest BCUT2D eigenvalue weighted by atomic mass is 32.1. The van der Waals surface area contributed by atoms with Crippen LogP contribution in [0, 0.1) is 5.82 Å². The fourth-order valence-corrected chi connectivity index (χ4v) is 4.90. The van der Waals surface area contributed by atoms with Gasteiger partial charge in [0.05, 0.1) is 18.5 Å². The molecule has 6 nitrogen and oxygen atoms in total. The number of nitrogens with one attached hydrogen (secondary N) is 1. The maximum absolute atomic E-state index is 13.6. The number of thiazole rings is 1. The molecule has 0 atom stereocenters. The Kier molecular flexibility index (Phi) is 6.75. The van der Waals surface area contributed by atoms with Crippen molar-refractivity contribution in [3.05, 3.63) is 53.7 Å². The third kappa shape index (κ3) is 5.63. The molecule has 5 rings (SSSR count). The third-order valence-corrected chi connectivity index (χ3v) is 6.96. The highest BCUT2D eigenvalue weighted by Crippen LogP contribution is 2.32. The van der Waals surface area contributed by atoms with Gasteiger partial charge in [-0.1, -0.05) is 0 Å². The predicted molar refractivity (Wildman–Crippen MR) is 130 cm³/mol. The summed E-state index contributed by atoms with van der Waals surface area (Å²) in [5.74, 6) is 1.11. The molecule has 1 aromatic heterocycles. The Bertz CT molecular complexity index is 1060. The van der Waals surface area contributed by atoms with Crippen LogP contribution in [-0.2, 0) is 0 Å². The number of aromatic nitrogens is 1. The standard InChI is InChI=1S/C25H29FN4O2S/c1-31-24-9-4-19(26)16-22(24)27-25-28-23(17-33-25)18-2-7-21(8-3-18)32-15-14-29-10-12-30(13-11-29)20-5-6-20/h2-4,7-9,16-17,20H,5-6,10-15H2,1H3,(H,27,28). The average Bonchev–Trinajstić information content (AvgIpc) is 3.59. The van der Waals surface area contributed by atoms with Crippen molar-refractivity contribution in [3.63, 3.8) is 0 Å². The lowest BCUT2D eigenvalue weighted by Crippen LogP contribution is -2.48. The zero-order valence-electron chi connectivity index (χ0n) is 18.8. The van der Waals surface area contributed by atoms with Crippen LogP contribution in [0.4, 0.5) is 15.2 Å². The van der Waals surface area contributed by atoms with Crippen LogP contribution in [-0.4, -0.2) is 67.3 Å². The number of ether oxygens (including phenoxy) is 2. The minimum absolute atomic E-state index is 0.328. The van der Waals surface area contributed by atoms with Gasteiger partial charge in [-0.3, -0.25) is 9.80 Å². The van der Waals surface area contributed by atoms with Gasteiger partial charge in [-0.05, 0) is 49.2 Å². The number of benzene rings is 2. The average molecular weight is 469 g/mol. The molecular weight excluding hydrogens is 439 g/mol. The first-order valence-corrected chi connectivity index (χ1v) is 12.3. The van der Waals surface area contributed by atoms with Crippen molar-refractivity contribution in [3.8, 4) is 22.8 Å². The van der Waals surface area contributed by atoms with Crippen LogP contribution in [0.5, 0.6) is 11.5 Å². The molecule has 1 aliphatic heterocycles. The molecule has 1 saturated carbocycles. The van der Waals surface area contributed by atoms with Crippen molar-refractivity contribution in [2.75, 3.05) is 51.8 Å². The molecule has 1 N–H and O–H groups in total. The van der Waals surface area contributed by atoms with Crippen molar-refractivity contribution in [2.24, 2.45) is 0 Å². The van der Waals surface area contributed by atoms with Gasteiger partial charge in [0.1, 0.15) is 23.9 Å². The van der Waals surface area contributed by atoms with Gasteiger partial charge in [0.25, 0.3) is 0 Å². The van der Waals surface area contributed by atoms with Gasteiger partial charge in [0, 0.05) is 55.8 Å². The number of methoxy groups -OCH3 is 1. The largest absolute Gasteiger partial charge is 0.495 e. The Balaban J connectivity index is 1.12. The van der Waals surface area contributed by atoms with Crippen molar-refractivity contribution in [1.29, 1.82) is 0 Å². The van der Waals surface area contributed by atoms with Crippen LogP contribution in [0.15, 0.2) is 47.8 Å². The zero-order valence-corrected chi connectivity index (χ0v) is 19.6. The first kappa shape index (κ1) is 22.1. The van der Waals surface area contributed by atoms with Crippen LogP contribution in [0.3, 0.4) is 0 Å². The predicted octanol–water partition coefficient (Wildman–Crippen LogP) is 4.86. The van der Waals surface area contributed by atoms with Crippen LogP contribution in [0.1, 0.15) is 12.8 Å².